The molecule has 1 aliphatic heterocycles. The van der Waals surface area contributed by atoms with E-state index in [1.54, 1.807) is 12.1 Å². The van der Waals surface area contributed by atoms with Crippen LogP contribution in [0.4, 0.5) is 5.69 Å². The van der Waals surface area contributed by atoms with E-state index in [9.17, 15) is 9.59 Å². The monoisotopic (exact) mass is 277 g/mol. The number of benzene rings is 1. The van der Waals surface area contributed by atoms with Gasteiger partial charge in [0.15, 0.2) is 5.17 Å². The molecule has 1 aromatic rings. The minimum absolute atomic E-state index is 0.515. The zero-order chi connectivity index (χ0) is 13.7. The van der Waals surface area contributed by atoms with Gasteiger partial charge in [-0.2, -0.15) is 0 Å². The van der Waals surface area contributed by atoms with Gasteiger partial charge in [-0.25, -0.2) is 0 Å². The van der Waals surface area contributed by atoms with Crippen molar-refractivity contribution in [3.05, 3.63) is 29.8 Å². The molecule has 0 aromatic heterocycles. The van der Waals surface area contributed by atoms with Crippen LogP contribution in [0.2, 0.25) is 0 Å². The molecular weight excluding hydrogens is 262 g/mol. The second-order valence-corrected chi connectivity index (χ2v) is 5.08. The normalized spacial score (nSPS) is 13.8. The maximum absolute atomic E-state index is 11.7. The summed E-state index contributed by atoms with van der Waals surface area (Å²) in [4.78, 5) is 27.3. The predicted molar refractivity (Wildman–Crippen MR) is 77.4 cm³/mol. The van der Waals surface area contributed by atoms with Crippen molar-refractivity contribution in [1.29, 1.82) is 0 Å². The number of hydrogen-bond donors (Lipinski definition) is 2. The molecule has 2 amide bonds. The van der Waals surface area contributed by atoms with Crippen LogP contribution in [0.1, 0.15) is 12.5 Å². The third-order valence-corrected chi connectivity index (χ3v) is 3.52. The molecule has 0 spiro atoms. The Hall–Kier alpha value is -1.82. The number of aryl methyl sites for hydroxylation is 1. The molecule has 5 nitrogen and oxygen atoms in total. The number of aliphatic imine (C=N–C) groups is 1. The van der Waals surface area contributed by atoms with Gasteiger partial charge in [-0.1, -0.05) is 30.8 Å². The predicted octanol–water partition coefficient (Wildman–Crippen LogP) is 1.41. The molecule has 0 atom stereocenters. The van der Waals surface area contributed by atoms with Crippen LogP contribution >= 0.6 is 11.8 Å². The number of carbonyl (C=O) groups is 2. The SMILES string of the molecule is CCc1ccc(NC(=O)C(=O)NC2=NCCS2)cc1. The number of hydrogen-bond acceptors (Lipinski definition) is 4. The van der Waals surface area contributed by atoms with Crippen LogP contribution in [0.15, 0.2) is 29.3 Å². The highest BCUT2D eigenvalue weighted by molar-refractivity contribution is 8.14. The van der Waals surface area contributed by atoms with Crippen molar-refractivity contribution < 1.29 is 9.59 Å². The Labute approximate surface area is 115 Å². The maximum Gasteiger partial charge on any atom is 0.315 e. The molecule has 1 aliphatic rings. The third-order valence-electron chi connectivity index (χ3n) is 2.63. The quantitative estimate of drug-likeness (QED) is 0.803. The van der Waals surface area contributed by atoms with E-state index in [0.717, 1.165) is 12.2 Å². The van der Waals surface area contributed by atoms with Gasteiger partial charge < -0.3 is 5.32 Å². The molecule has 0 radical (unpaired) electrons. The zero-order valence-corrected chi connectivity index (χ0v) is 11.4. The number of amides is 2. The summed E-state index contributed by atoms with van der Waals surface area (Å²) < 4.78 is 0. The molecule has 0 aliphatic carbocycles. The summed E-state index contributed by atoms with van der Waals surface area (Å²) in [5, 5.41) is 5.55. The highest BCUT2D eigenvalue weighted by Crippen LogP contribution is 2.11. The highest BCUT2D eigenvalue weighted by atomic mass is 32.2. The summed E-state index contributed by atoms with van der Waals surface area (Å²) in [6, 6.07) is 7.41. The fourth-order valence-corrected chi connectivity index (χ4v) is 2.30. The van der Waals surface area contributed by atoms with Crippen molar-refractivity contribution in [2.24, 2.45) is 4.99 Å². The number of nitrogens with one attached hydrogen (secondary N) is 2. The Morgan fingerprint density at radius 3 is 2.47 bits per heavy atom. The Morgan fingerprint density at radius 2 is 1.89 bits per heavy atom. The van der Waals surface area contributed by atoms with E-state index in [1.165, 1.54) is 17.3 Å². The lowest BCUT2D eigenvalue weighted by Gasteiger charge is -2.06. The average Bonchev–Trinajstić information content (AvgIpc) is 2.92. The van der Waals surface area contributed by atoms with Gasteiger partial charge in [-0.15, -0.1) is 0 Å². The molecule has 100 valence electrons. The van der Waals surface area contributed by atoms with Crippen molar-refractivity contribution in [3.8, 4) is 0 Å². The van der Waals surface area contributed by atoms with Crippen molar-refractivity contribution in [1.82, 2.24) is 5.32 Å². The van der Waals surface area contributed by atoms with Gasteiger partial charge in [0.05, 0.1) is 6.54 Å². The van der Waals surface area contributed by atoms with Crippen LogP contribution in [-0.4, -0.2) is 29.3 Å². The first-order valence-electron chi connectivity index (χ1n) is 6.07. The van der Waals surface area contributed by atoms with Crippen LogP contribution in [-0.2, 0) is 16.0 Å². The second-order valence-electron chi connectivity index (χ2n) is 3.99. The van der Waals surface area contributed by atoms with E-state index >= 15 is 0 Å². The lowest BCUT2D eigenvalue weighted by molar-refractivity contribution is -0.135. The van der Waals surface area contributed by atoms with Gasteiger partial charge in [0.2, 0.25) is 0 Å². The Kier molecular flexibility index (Phi) is 4.57. The molecule has 2 N–H and O–H groups in total. The van der Waals surface area contributed by atoms with Crippen LogP contribution in [0.25, 0.3) is 0 Å². The molecule has 0 bridgehead atoms. The average molecular weight is 277 g/mol. The zero-order valence-electron chi connectivity index (χ0n) is 10.6. The van der Waals surface area contributed by atoms with E-state index in [1.807, 2.05) is 12.1 Å². The summed E-state index contributed by atoms with van der Waals surface area (Å²) in [5.74, 6) is -0.525. The Balaban J connectivity index is 1.90. The van der Waals surface area contributed by atoms with Gasteiger partial charge in [0.1, 0.15) is 0 Å². The van der Waals surface area contributed by atoms with Gasteiger partial charge >= 0.3 is 11.8 Å². The van der Waals surface area contributed by atoms with Crippen LogP contribution in [0, 0.1) is 0 Å². The molecule has 0 saturated carbocycles. The lowest BCUT2D eigenvalue weighted by Crippen LogP contribution is -2.37. The first kappa shape index (κ1) is 13.6. The standard InChI is InChI=1S/C13H15N3O2S/c1-2-9-3-5-10(6-4-9)15-11(17)12(18)16-13-14-7-8-19-13/h3-6H,2,7-8H2,1H3,(H,15,17)(H,14,16,18). The highest BCUT2D eigenvalue weighted by Gasteiger charge is 2.17. The summed E-state index contributed by atoms with van der Waals surface area (Å²) in [7, 11) is 0. The molecule has 6 heteroatoms. The summed E-state index contributed by atoms with van der Waals surface area (Å²) in [5.41, 5.74) is 1.79. The molecule has 1 heterocycles. The molecule has 19 heavy (non-hydrogen) atoms. The molecule has 2 rings (SSSR count). The van der Waals surface area contributed by atoms with Crippen LogP contribution < -0.4 is 10.6 Å². The number of nitrogens with zero attached hydrogens (tertiary/aromatic N) is 1. The summed E-state index contributed by atoms with van der Waals surface area (Å²) >= 11 is 1.44. The minimum atomic E-state index is -0.687. The number of carbonyl (C=O) groups excluding carboxylic acids is 2. The Morgan fingerprint density at radius 1 is 1.21 bits per heavy atom. The Bertz CT molecular complexity index is 511. The second kappa shape index (κ2) is 6.38. The van der Waals surface area contributed by atoms with Gasteiger partial charge in [0, 0.05) is 11.4 Å². The van der Waals surface area contributed by atoms with Crippen molar-refractivity contribution in [2.45, 2.75) is 13.3 Å². The molecule has 1 aromatic carbocycles. The lowest BCUT2D eigenvalue weighted by atomic mass is 10.1. The first-order valence-corrected chi connectivity index (χ1v) is 7.06. The van der Waals surface area contributed by atoms with Crippen molar-refractivity contribution in [2.75, 3.05) is 17.6 Å². The number of amidine groups is 1. The number of rotatable bonds is 2. The molecular formula is C13H15N3O2S. The fourth-order valence-electron chi connectivity index (χ4n) is 1.58. The fraction of sp³-hybridized carbons (Fsp3) is 0.308. The van der Waals surface area contributed by atoms with E-state index in [4.69, 9.17) is 0 Å². The van der Waals surface area contributed by atoms with E-state index in [-0.39, 0.29) is 0 Å². The minimum Gasteiger partial charge on any atom is -0.318 e. The first-order chi connectivity index (χ1) is 9.19. The van der Waals surface area contributed by atoms with E-state index in [2.05, 4.69) is 22.5 Å². The van der Waals surface area contributed by atoms with Crippen LogP contribution in [0.3, 0.4) is 0 Å². The van der Waals surface area contributed by atoms with Crippen molar-refractivity contribution in [3.63, 3.8) is 0 Å². The topological polar surface area (TPSA) is 70.6 Å². The smallest absolute Gasteiger partial charge is 0.315 e. The molecule has 0 fully saturated rings. The van der Waals surface area contributed by atoms with E-state index in [0.29, 0.717) is 17.4 Å². The van der Waals surface area contributed by atoms with Gasteiger partial charge in [-0.3, -0.25) is 19.9 Å². The third kappa shape index (κ3) is 3.82. The summed E-state index contributed by atoms with van der Waals surface area (Å²) in [6.07, 6.45) is 0.936. The largest absolute Gasteiger partial charge is 0.318 e. The summed E-state index contributed by atoms with van der Waals surface area (Å²) in [6.45, 7) is 2.74. The van der Waals surface area contributed by atoms with E-state index < -0.39 is 11.8 Å². The molecule has 0 unspecified atom stereocenters. The van der Waals surface area contributed by atoms with Crippen molar-refractivity contribution >= 4 is 34.4 Å². The van der Waals surface area contributed by atoms with Gasteiger partial charge in [-0.05, 0) is 24.1 Å². The molecule has 0 saturated heterocycles. The van der Waals surface area contributed by atoms with Gasteiger partial charge in [0.25, 0.3) is 0 Å². The number of thioether (sulfide) groups is 1. The van der Waals surface area contributed by atoms with Crippen LogP contribution in [0.5, 0.6) is 0 Å². The maximum atomic E-state index is 11.7. The number of anilines is 1.